The van der Waals surface area contributed by atoms with Crippen LogP contribution in [0.15, 0.2) is 48.7 Å². The topological polar surface area (TPSA) is 69.0 Å². The average Bonchev–Trinajstić information content (AvgIpc) is 2.95. The van der Waals surface area contributed by atoms with Crippen LogP contribution in [0.5, 0.6) is 5.88 Å². The Labute approximate surface area is 164 Å². The number of aryl methyl sites for hydroxylation is 2. The fourth-order valence-corrected chi connectivity index (χ4v) is 2.89. The maximum atomic E-state index is 12.2. The Kier molecular flexibility index (Phi) is 5.89. The van der Waals surface area contributed by atoms with Crippen LogP contribution in [-0.2, 0) is 11.3 Å². The van der Waals surface area contributed by atoms with Crippen LogP contribution in [0.2, 0.25) is 0 Å². The molecule has 0 bridgehead atoms. The molecule has 144 valence electrons. The van der Waals surface area contributed by atoms with Gasteiger partial charge in [0.1, 0.15) is 0 Å². The SMILES string of the molecule is COc1ccc(NC(=O)/C=C/c2c(C)nn(Cc3ccc(C)cc3)c2C)cn1. The summed E-state index contributed by atoms with van der Waals surface area (Å²) in [5, 5.41) is 7.40. The first-order chi connectivity index (χ1) is 13.5. The number of carbonyl (C=O) groups excluding carboxylic acids is 1. The molecule has 1 amide bonds. The van der Waals surface area contributed by atoms with Crippen LogP contribution in [0.1, 0.15) is 28.1 Å². The van der Waals surface area contributed by atoms with Gasteiger partial charge in [0.15, 0.2) is 0 Å². The molecule has 0 saturated heterocycles. The molecule has 3 rings (SSSR count). The Hall–Kier alpha value is -3.41. The third kappa shape index (κ3) is 4.65. The van der Waals surface area contributed by atoms with E-state index < -0.39 is 0 Å². The summed E-state index contributed by atoms with van der Waals surface area (Å²) in [6.45, 7) is 6.73. The molecule has 2 heterocycles. The molecule has 6 heteroatoms. The Morgan fingerprint density at radius 3 is 2.54 bits per heavy atom. The van der Waals surface area contributed by atoms with Gasteiger partial charge < -0.3 is 10.1 Å². The largest absolute Gasteiger partial charge is 0.481 e. The first kappa shape index (κ1) is 19.4. The molecule has 0 unspecified atom stereocenters. The lowest BCUT2D eigenvalue weighted by molar-refractivity contribution is -0.111. The van der Waals surface area contributed by atoms with E-state index in [1.165, 1.54) is 17.2 Å². The molecular weight excluding hydrogens is 352 g/mol. The number of benzene rings is 1. The van der Waals surface area contributed by atoms with E-state index in [0.717, 1.165) is 17.0 Å². The van der Waals surface area contributed by atoms with E-state index in [4.69, 9.17) is 4.74 Å². The second-order valence-corrected chi connectivity index (χ2v) is 6.64. The van der Waals surface area contributed by atoms with Gasteiger partial charge in [-0.25, -0.2) is 4.98 Å². The smallest absolute Gasteiger partial charge is 0.248 e. The minimum atomic E-state index is -0.225. The van der Waals surface area contributed by atoms with Crippen molar-refractivity contribution in [2.45, 2.75) is 27.3 Å². The number of nitrogens with zero attached hydrogens (tertiary/aromatic N) is 3. The molecule has 0 atom stereocenters. The lowest BCUT2D eigenvalue weighted by Crippen LogP contribution is -2.08. The van der Waals surface area contributed by atoms with Crippen molar-refractivity contribution in [2.75, 3.05) is 12.4 Å². The van der Waals surface area contributed by atoms with Crippen molar-refractivity contribution in [3.63, 3.8) is 0 Å². The van der Waals surface area contributed by atoms with Crippen LogP contribution >= 0.6 is 0 Å². The molecule has 0 radical (unpaired) electrons. The van der Waals surface area contributed by atoms with Gasteiger partial charge in [0.2, 0.25) is 11.8 Å². The summed E-state index contributed by atoms with van der Waals surface area (Å²) in [6, 6.07) is 11.9. The molecule has 1 N–H and O–H groups in total. The van der Waals surface area contributed by atoms with Gasteiger partial charge >= 0.3 is 0 Å². The number of methoxy groups -OCH3 is 1. The highest BCUT2D eigenvalue weighted by molar-refractivity contribution is 6.02. The predicted octanol–water partition coefficient (Wildman–Crippen LogP) is 3.91. The van der Waals surface area contributed by atoms with Crippen molar-refractivity contribution in [2.24, 2.45) is 0 Å². The van der Waals surface area contributed by atoms with E-state index >= 15 is 0 Å². The number of aromatic nitrogens is 3. The van der Waals surface area contributed by atoms with Crippen LogP contribution in [-0.4, -0.2) is 27.8 Å². The fraction of sp³-hybridized carbons (Fsp3) is 0.227. The summed E-state index contributed by atoms with van der Waals surface area (Å²) in [4.78, 5) is 16.3. The normalized spacial score (nSPS) is 11.0. The molecule has 3 aromatic rings. The van der Waals surface area contributed by atoms with Crippen LogP contribution in [0, 0.1) is 20.8 Å². The van der Waals surface area contributed by atoms with Crippen molar-refractivity contribution in [1.82, 2.24) is 14.8 Å². The van der Waals surface area contributed by atoms with Gasteiger partial charge in [-0.3, -0.25) is 9.48 Å². The Morgan fingerprint density at radius 2 is 1.89 bits per heavy atom. The Balaban J connectivity index is 1.69. The summed E-state index contributed by atoms with van der Waals surface area (Å²) in [5.74, 6) is 0.276. The summed E-state index contributed by atoms with van der Waals surface area (Å²) in [6.07, 6.45) is 4.87. The predicted molar refractivity (Wildman–Crippen MR) is 110 cm³/mol. The monoisotopic (exact) mass is 376 g/mol. The molecule has 2 aromatic heterocycles. The summed E-state index contributed by atoms with van der Waals surface area (Å²) >= 11 is 0. The van der Waals surface area contributed by atoms with Gasteiger partial charge in [-0.2, -0.15) is 5.10 Å². The number of hydrogen-bond acceptors (Lipinski definition) is 4. The maximum absolute atomic E-state index is 12.2. The number of ether oxygens (including phenoxy) is 1. The van der Waals surface area contributed by atoms with E-state index in [1.54, 1.807) is 31.5 Å². The zero-order valence-corrected chi connectivity index (χ0v) is 16.6. The van der Waals surface area contributed by atoms with Crippen LogP contribution in [0.3, 0.4) is 0 Å². The minimum absolute atomic E-state index is 0.225. The minimum Gasteiger partial charge on any atom is -0.481 e. The maximum Gasteiger partial charge on any atom is 0.248 e. The number of carbonyl (C=O) groups is 1. The third-order valence-electron chi connectivity index (χ3n) is 4.50. The van der Waals surface area contributed by atoms with Gasteiger partial charge in [-0.1, -0.05) is 29.8 Å². The molecule has 0 fully saturated rings. The number of nitrogens with one attached hydrogen (secondary N) is 1. The summed E-state index contributed by atoms with van der Waals surface area (Å²) in [5.41, 5.74) is 5.90. The molecule has 28 heavy (non-hydrogen) atoms. The van der Waals surface area contributed by atoms with Gasteiger partial charge in [0.05, 0.1) is 31.2 Å². The highest BCUT2D eigenvalue weighted by atomic mass is 16.5. The van der Waals surface area contributed by atoms with Gasteiger partial charge in [-0.15, -0.1) is 0 Å². The lowest BCUT2D eigenvalue weighted by Gasteiger charge is -2.05. The second-order valence-electron chi connectivity index (χ2n) is 6.64. The number of amides is 1. The van der Waals surface area contributed by atoms with E-state index in [2.05, 4.69) is 46.6 Å². The van der Waals surface area contributed by atoms with Crippen molar-refractivity contribution in [3.05, 3.63) is 76.7 Å². The molecule has 0 aliphatic carbocycles. The highest BCUT2D eigenvalue weighted by Crippen LogP contribution is 2.17. The molecule has 0 spiro atoms. The molecule has 1 aromatic carbocycles. The van der Waals surface area contributed by atoms with Crippen molar-refractivity contribution in [1.29, 1.82) is 0 Å². The van der Waals surface area contributed by atoms with Crippen molar-refractivity contribution in [3.8, 4) is 5.88 Å². The standard InChI is InChI=1S/C22H24N4O2/c1-15-5-7-18(8-6-15)14-26-17(3)20(16(2)25-26)10-11-21(27)24-19-9-12-22(28-4)23-13-19/h5-13H,14H2,1-4H3,(H,24,27)/b11-10+. The first-order valence-electron chi connectivity index (χ1n) is 9.05. The quantitative estimate of drug-likeness (QED) is 0.662. The Bertz CT molecular complexity index is 987. The highest BCUT2D eigenvalue weighted by Gasteiger charge is 2.10. The van der Waals surface area contributed by atoms with Crippen LogP contribution in [0.4, 0.5) is 5.69 Å². The third-order valence-corrected chi connectivity index (χ3v) is 4.50. The molecule has 0 saturated carbocycles. The molecule has 0 aliphatic rings. The van der Waals surface area contributed by atoms with Crippen LogP contribution in [0.25, 0.3) is 6.08 Å². The second kappa shape index (κ2) is 8.52. The molecular formula is C22H24N4O2. The zero-order valence-electron chi connectivity index (χ0n) is 16.6. The van der Waals surface area contributed by atoms with Gasteiger partial charge in [-0.05, 0) is 38.5 Å². The van der Waals surface area contributed by atoms with Crippen molar-refractivity contribution < 1.29 is 9.53 Å². The molecule has 0 aliphatic heterocycles. The van der Waals surface area contributed by atoms with E-state index in [1.807, 2.05) is 18.5 Å². The number of hydrogen-bond donors (Lipinski definition) is 1. The zero-order chi connectivity index (χ0) is 20.1. The van der Waals surface area contributed by atoms with Crippen molar-refractivity contribution >= 4 is 17.7 Å². The fourth-order valence-electron chi connectivity index (χ4n) is 2.89. The number of anilines is 1. The Morgan fingerprint density at radius 1 is 1.14 bits per heavy atom. The number of rotatable bonds is 6. The summed E-state index contributed by atoms with van der Waals surface area (Å²) < 4.78 is 6.97. The molecule has 6 nitrogen and oxygen atoms in total. The number of pyridine rings is 1. The van der Waals surface area contributed by atoms with Gasteiger partial charge in [0.25, 0.3) is 0 Å². The van der Waals surface area contributed by atoms with E-state index in [0.29, 0.717) is 18.1 Å². The lowest BCUT2D eigenvalue weighted by atomic mass is 10.1. The average molecular weight is 376 g/mol. The van der Waals surface area contributed by atoms with E-state index in [-0.39, 0.29) is 5.91 Å². The summed E-state index contributed by atoms with van der Waals surface area (Å²) in [7, 11) is 1.55. The first-order valence-corrected chi connectivity index (χ1v) is 9.05. The van der Waals surface area contributed by atoms with Crippen LogP contribution < -0.4 is 10.1 Å². The van der Waals surface area contributed by atoms with E-state index in [9.17, 15) is 4.79 Å². The van der Waals surface area contributed by atoms with Gasteiger partial charge in [0, 0.05) is 23.4 Å².